The molecule has 0 saturated carbocycles. The first-order valence-corrected chi connectivity index (χ1v) is 6.11. The van der Waals surface area contributed by atoms with Gasteiger partial charge in [0.05, 0.1) is 0 Å². The van der Waals surface area contributed by atoms with Crippen molar-refractivity contribution in [2.45, 2.75) is 55.4 Å². The van der Waals surface area contributed by atoms with Crippen LogP contribution in [0, 0.1) is 0 Å². The predicted molar refractivity (Wildman–Crippen MR) is 91.1 cm³/mol. The van der Waals surface area contributed by atoms with Gasteiger partial charge in [-0.15, -0.1) is 6.58 Å². The van der Waals surface area contributed by atoms with Gasteiger partial charge in [-0.05, 0) is 41.0 Å². The van der Waals surface area contributed by atoms with Gasteiger partial charge in [0.25, 0.3) is 0 Å². The first-order valence-electron chi connectivity index (χ1n) is 6.11. The van der Waals surface area contributed by atoms with Gasteiger partial charge in [-0.1, -0.05) is 68.5 Å². The zero-order valence-electron chi connectivity index (χ0n) is 12.6. The van der Waals surface area contributed by atoms with E-state index in [2.05, 4.69) is 40.0 Å². The van der Waals surface area contributed by atoms with Crippen molar-refractivity contribution in [2.24, 2.45) is 0 Å². The third kappa shape index (κ3) is 61.5. The van der Waals surface area contributed by atoms with Crippen LogP contribution in [0.2, 0.25) is 0 Å². The molecule has 18 heavy (non-hydrogen) atoms. The summed E-state index contributed by atoms with van der Waals surface area (Å²) >= 11 is 0. The Kier molecular flexibility index (Phi) is 35.1. The fourth-order valence-electron chi connectivity index (χ4n) is 0.739. The van der Waals surface area contributed by atoms with Crippen LogP contribution in [0.5, 0.6) is 0 Å². The van der Waals surface area contributed by atoms with E-state index in [4.69, 9.17) is 0 Å². The second-order valence-electron chi connectivity index (χ2n) is 3.83. The van der Waals surface area contributed by atoms with Crippen LogP contribution < -0.4 is 0 Å². The third-order valence-corrected chi connectivity index (χ3v) is 1.30. The summed E-state index contributed by atoms with van der Waals surface area (Å²) < 4.78 is 0. The first kappa shape index (κ1) is 25.5. The summed E-state index contributed by atoms with van der Waals surface area (Å²) in [7, 11) is 0. The molecule has 0 aliphatic rings. The van der Waals surface area contributed by atoms with E-state index in [9.17, 15) is 0 Å². The highest BCUT2D eigenvalue weighted by Crippen LogP contribution is 1.89. The first-order chi connectivity index (χ1) is 7.95. The van der Waals surface area contributed by atoms with E-state index in [0.29, 0.717) is 0 Å². The van der Waals surface area contributed by atoms with Crippen LogP contribution in [0.4, 0.5) is 0 Å². The lowest BCUT2D eigenvalue weighted by atomic mass is 10.3. The summed E-state index contributed by atoms with van der Waals surface area (Å²) in [6.45, 7) is 19.3. The predicted octanol–water partition coefficient (Wildman–Crippen LogP) is 6.89. The fraction of sp³-hybridized carbons (Fsp3) is 0.444. The lowest BCUT2D eigenvalue weighted by Gasteiger charge is -1.80. The zero-order valence-corrected chi connectivity index (χ0v) is 12.6. The molecule has 0 bridgehead atoms. The summed E-state index contributed by atoms with van der Waals surface area (Å²) in [6.07, 6.45) is 13.0. The van der Waals surface area contributed by atoms with Crippen LogP contribution in [0.25, 0.3) is 0 Å². The van der Waals surface area contributed by atoms with Gasteiger partial charge >= 0.3 is 0 Å². The highest BCUT2D eigenvalue weighted by Gasteiger charge is 1.67. The molecule has 0 rings (SSSR count). The maximum atomic E-state index is 3.71. The molecule has 0 nitrogen and oxygen atoms in total. The molecule has 0 heteroatoms. The van der Waals surface area contributed by atoms with Crippen molar-refractivity contribution in [1.29, 1.82) is 0 Å². The zero-order chi connectivity index (χ0) is 14.1. The Bertz CT molecular complexity index is 245. The van der Waals surface area contributed by atoms with Crippen molar-refractivity contribution in [3.63, 3.8) is 0 Å². The summed E-state index contributed by atoms with van der Waals surface area (Å²) in [5.41, 5.74) is 2.50. The van der Waals surface area contributed by atoms with Gasteiger partial charge in [0.1, 0.15) is 0 Å². The van der Waals surface area contributed by atoms with Crippen LogP contribution in [-0.2, 0) is 0 Å². The number of allylic oxidation sites excluding steroid dienone is 8. The molecule has 0 unspecified atom stereocenters. The molecule has 0 N–H and O–H groups in total. The summed E-state index contributed by atoms with van der Waals surface area (Å²) in [4.78, 5) is 0. The van der Waals surface area contributed by atoms with E-state index in [1.165, 1.54) is 12.0 Å². The van der Waals surface area contributed by atoms with E-state index in [1.54, 1.807) is 6.08 Å². The van der Waals surface area contributed by atoms with Crippen LogP contribution >= 0.6 is 0 Å². The lowest BCUT2D eigenvalue weighted by Crippen LogP contribution is -1.58. The van der Waals surface area contributed by atoms with Crippen molar-refractivity contribution < 1.29 is 0 Å². The second-order valence-corrected chi connectivity index (χ2v) is 3.83. The molecule has 0 fully saturated rings. The molecule has 0 heterocycles. The van der Waals surface area contributed by atoms with Gasteiger partial charge in [-0.2, -0.15) is 0 Å². The number of rotatable bonds is 3. The molecule has 0 aromatic rings. The lowest BCUT2D eigenvalue weighted by molar-refractivity contribution is 1.18. The summed E-state index contributed by atoms with van der Waals surface area (Å²) in [5.74, 6) is 0. The molecule has 0 spiro atoms. The Morgan fingerprint density at radius 3 is 1.67 bits per heavy atom. The van der Waals surface area contributed by atoms with Gasteiger partial charge < -0.3 is 0 Å². The van der Waals surface area contributed by atoms with Crippen LogP contribution in [0.1, 0.15) is 55.4 Å². The van der Waals surface area contributed by atoms with Gasteiger partial charge in [0, 0.05) is 0 Å². The van der Waals surface area contributed by atoms with Gasteiger partial charge in [-0.3, -0.25) is 0 Å². The average molecular weight is 250 g/mol. The van der Waals surface area contributed by atoms with E-state index < -0.39 is 0 Å². The Morgan fingerprint density at radius 1 is 1.06 bits per heavy atom. The average Bonchev–Trinajstić information content (AvgIpc) is 2.19. The molecule has 0 atom stereocenters. The Morgan fingerprint density at radius 2 is 1.50 bits per heavy atom. The van der Waals surface area contributed by atoms with Crippen molar-refractivity contribution in [3.05, 3.63) is 60.8 Å². The molecule has 0 saturated heterocycles. The van der Waals surface area contributed by atoms with Crippen LogP contribution in [0.15, 0.2) is 60.8 Å². The molecule has 0 aliphatic carbocycles. The summed E-state index contributed by atoms with van der Waals surface area (Å²) in [5, 5.41) is 0. The maximum absolute atomic E-state index is 3.71. The SMILES string of the molecule is C.C=C(C)/C=C\C=C/C.C=CC.CCC=C(C)C. The monoisotopic (exact) mass is 250 g/mol. The Balaban J connectivity index is -0.0000000875. The van der Waals surface area contributed by atoms with Crippen molar-refractivity contribution in [3.8, 4) is 0 Å². The number of hydrogen-bond donors (Lipinski definition) is 0. The minimum Gasteiger partial charge on any atom is -0.103 e. The Hall–Kier alpha value is -1.30. The standard InChI is InChI=1S/C8H12.C6H12.C3H6.CH4/c1-4-5-6-7-8(2)3;1-4-5-6(2)3;1-3-2;/h4-7H,2H2,1,3H3;5H,4H2,1-3H3;3H,1H2,2H3;1H4/b5-4-,7-6-;;;. The largest absolute Gasteiger partial charge is 0.103 e. The van der Waals surface area contributed by atoms with Gasteiger partial charge in [-0.25, -0.2) is 0 Å². The maximum Gasteiger partial charge on any atom is -0.0377 e. The van der Waals surface area contributed by atoms with E-state index in [1.807, 2.05) is 45.1 Å². The van der Waals surface area contributed by atoms with E-state index in [0.717, 1.165) is 5.57 Å². The van der Waals surface area contributed by atoms with Crippen molar-refractivity contribution >= 4 is 0 Å². The summed E-state index contributed by atoms with van der Waals surface area (Å²) in [6, 6.07) is 0. The van der Waals surface area contributed by atoms with Gasteiger partial charge in [0.2, 0.25) is 0 Å². The molecule has 0 amide bonds. The molecule has 0 aromatic carbocycles. The highest BCUT2D eigenvalue weighted by atomic mass is 13.7. The van der Waals surface area contributed by atoms with Crippen LogP contribution in [0.3, 0.4) is 0 Å². The topological polar surface area (TPSA) is 0 Å². The molecular formula is C18H34. The minimum absolute atomic E-state index is 0. The van der Waals surface area contributed by atoms with Crippen LogP contribution in [-0.4, -0.2) is 0 Å². The fourth-order valence-corrected chi connectivity index (χ4v) is 0.739. The van der Waals surface area contributed by atoms with E-state index >= 15 is 0 Å². The number of hydrogen-bond acceptors (Lipinski definition) is 0. The molecular weight excluding hydrogens is 216 g/mol. The molecule has 0 aromatic heterocycles. The minimum atomic E-state index is 0. The highest BCUT2D eigenvalue weighted by molar-refractivity contribution is 5.16. The third-order valence-electron chi connectivity index (χ3n) is 1.30. The molecule has 106 valence electrons. The van der Waals surface area contributed by atoms with Crippen molar-refractivity contribution in [2.75, 3.05) is 0 Å². The smallest absolute Gasteiger partial charge is 0.0377 e. The normalized spacial score (nSPS) is 8.33. The van der Waals surface area contributed by atoms with Crippen molar-refractivity contribution in [1.82, 2.24) is 0 Å². The van der Waals surface area contributed by atoms with E-state index in [-0.39, 0.29) is 7.43 Å². The molecule has 0 radical (unpaired) electrons. The second kappa shape index (κ2) is 24.8. The Labute approximate surface area is 117 Å². The van der Waals surface area contributed by atoms with Gasteiger partial charge in [0.15, 0.2) is 0 Å². The quantitative estimate of drug-likeness (QED) is 0.378. The molecule has 0 aliphatic heterocycles.